The van der Waals surface area contributed by atoms with Crippen molar-refractivity contribution in [3.8, 4) is 6.07 Å². The predicted octanol–water partition coefficient (Wildman–Crippen LogP) is 2.36. The molecule has 2 heterocycles. The molecule has 0 bridgehead atoms. The molecule has 0 saturated carbocycles. The summed E-state index contributed by atoms with van der Waals surface area (Å²) in [7, 11) is 0. The first-order valence-electron chi connectivity index (χ1n) is 10.3. The second-order valence-corrected chi connectivity index (χ2v) is 7.07. The van der Waals surface area contributed by atoms with Gasteiger partial charge in [-0.3, -0.25) is 10.1 Å². The van der Waals surface area contributed by atoms with E-state index in [1.807, 2.05) is 6.92 Å². The van der Waals surface area contributed by atoms with Gasteiger partial charge in [-0.05, 0) is 30.2 Å². The summed E-state index contributed by atoms with van der Waals surface area (Å²) in [6.07, 6.45) is 1.94. The van der Waals surface area contributed by atoms with Crippen LogP contribution in [0.4, 0.5) is 17.5 Å². The average Bonchev–Trinajstić information content (AvgIpc) is 2.86. The van der Waals surface area contributed by atoms with E-state index >= 15 is 0 Å². The van der Waals surface area contributed by atoms with Crippen molar-refractivity contribution in [1.82, 2.24) is 15.0 Å². The van der Waals surface area contributed by atoms with Crippen LogP contribution in [0.2, 0.25) is 0 Å². The van der Waals surface area contributed by atoms with Gasteiger partial charge in [-0.25, -0.2) is 19.7 Å². The molecule has 174 valence electrons. The monoisotopic (exact) mass is 462 g/mol. The van der Waals surface area contributed by atoms with Gasteiger partial charge in [0.1, 0.15) is 17.6 Å². The molecular weight excluding hydrogens is 440 g/mol. The smallest absolute Gasteiger partial charge is 0.360 e. The lowest BCUT2D eigenvalue weighted by Crippen LogP contribution is -2.21. The second kappa shape index (κ2) is 11.3. The number of aromatic nitrogens is 3. The van der Waals surface area contributed by atoms with E-state index in [0.29, 0.717) is 54.6 Å². The Bertz CT molecular complexity index is 1210. The van der Waals surface area contributed by atoms with E-state index in [-0.39, 0.29) is 11.3 Å². The molecule has 12 heteroatoms. The zero-order valence-corrected chi connectivity index (χ0v) is 18.3. The van der Waals surface area contributed by atoms with Gasteiger partial charge in [-0.2, -0.15) is 11.2 Å². The molecule has 2 aromatic heterocycles. The highest BCUT2D eigenvalue weighted by Gasteiger charge is 2.21. The van der Waals surface area contributed by atoms with Gasteiger partial charge >= 0.3 is 5.97 Å². The van der Waals surface area contributed by atoms with Crippen molar-refractivity contribution < 1.29 is 14.6 Å². The molecule has 4 N–H and O–H groups in total. The van der Waals surface area contributed by atoms with Crippen molar-refractivity contribution in [1.29, 1.82) is 5.26 Å². The molecule has 3 aromatic rings. The number of nitrogens with one attached hydrogen (secondary N) is 2. The van der Waals surface area contributed by atoms with Crippen molar-refractivity contribution in [3.05, 3.63) is 80.8 Å². The van der Waals surface area contributed by atoms with Gasteiger partial charge in [-0.1, -0.05) is 19.1 Å². The molecule has 0 amide bonds. The van der Waals surface area contributed by atoms with Crippen LogP contribution in [0.1, 0.15) is 39.8 Å². The Hall–Kier alpha value is -4.63. The maximum Gasteiger partial charge on any atom is 0.360 e. The van der Waals surface area contributed by atoms with Gasteiger partial charge in [-0.15, -0.1) is 0 Å². The van der Waals surface area contributed by atoms with Gasteiger partial charge in [0.25, 0.3) is 5.69 Å². The highest BCUT2D eigenvalue weighted by Crippen LogP contribution is 2.20. The standard InChI is InChI=1S/C22H22N8O4/c1-2-17-20(21(31)34-24)18(11-14-3-5-15(12-23)6-4-14)29-22(28-17)26-10-9-25-19-8-7-16(13-27-19)30(32)33/h3-8,13H,2,9-11,24H2,1H3,(H,25,27)(H,26,28,29). The van der Waals surface area contributed by atoms with Gasteiger partial charge < -0.3 is 15.5 Å². The van der Waals surface area contributed by atoms with Crippen molar-refractivity contribution in [2.24, 2.45) is 5.90 Å². The number of benzene rings is 1. The van der Waals surface area contributed by atoms with Crippen LogP contribution in [0.25, 0.3) is 0 Å². The van der Waals surface area contributed by atoms with Crippen LogP contribution in [0.15, 0.2) is 42.6 Å². The zero-order chi connectivity index (χ0) is 24.5. The first kappa shape index (κ1) is 24.0. The molecule has 3 rings (SSSR count). The molecule has 0 saturated heterocycles. The normalized spacial score (nSPS) is 10.3. The molecule has 0 radical (unpaired) electrons. The van der Waals surface area contributed by atoms with Crippen molar-refractivity contribution in [2.75, 3.05) is 23.7 Å². The number of aryl methyl sites for hydroxylation is 1. The predicted molar refractivity (Wildman–Crippen MR) is 123 cm³/mol. The van der Waals surface area contributed by atoms with Crippen LogP contribution in [0, 0.1) is 21.4 Å². The summed E-state index contributed by atoms with van der Waals surface area (Å²) >= 11 is 0. The Labute approximate surface area is 194 Å². The second-order valence-electron chi connectivity index (χ2n) is 7.07. The van der Waals surface area contributed by atoms with Gasteiger partial charge in [0.2, 0.25) is 5.95 Å². The number of carbonyl (C=O) groups excluding carboxylic acids is 1. The minimum absolute atomic E-state index is 0.0879. The number of hydrogen-bond acceptors (Lipinski definition) is 11. The SMILES string of the molecule is CCc1nc(NCCNc2ccc([N+](=O)[O-])cn2)nc(Cc2ccc(C#N)cc2)c1C(=O)ON. The van der Waals surface area contributed by atoms with Crippen LogP contribution in [-0.4, -0.2) is 38.9 Å². The maximum atomic E-state index is 12.3. The van der Waals surface area contributed by atoms with Crippen LogP contribution >= 0.6 is 0 Å². The topological polar surface area (TPSA) is 182 Å². The third kappa shape index (κ3) is 5.99. The number of carbonyl (C=O) groups is 1. The Morgan fingerprint density at radius 2 is 1.85 bits per heavy atom. The Kier molecular flexibility index (Phi) is 7.98. The van der Waals surface area contributed by atoms with Crippen LogP contribution in [-0.2, 0) is 17.7 Å². The average molecular weight is 462 g/mol. The molecule has 0 aliphatic heterocycles. The van der Waals surface area contributed by atoms with E-state index in [2.05, 4.69) is 36.5 Å². The van der Waals surface area contributed by atoms with E-state index in [1.54, 1.807) is 24.3 Å². The van der Waals surface area contributed by atoms with Crippen LogP contribution in [0.3, 0.4) is 0 Å². The summed E-state index contributed by atoms with van der Waals surface area (Å²) in [5.41, 5.74) is 2.44. The van der Waals surface area contributed by atoms with E-state index in [4.69, 9.17) is 11.2 Å². The first-order chi connectivity index (χ1) is 16.4. The van der Waals surface area contributed by atoms with E-state index in [1.165, 1.54) is 18.3 Å². The largest absolute Gasteiger partial charge is 0.370 e. The number of rotatable bonds is 10. The van der Waals surface area contributed by atoms with E-state index in [9.17, 15) is 14.9 Å². The molecule has 0 atom stereocenters. The fraction of sp³-hybridized carbons (Fsp3) is 0.227. The summed E-state index contributed by atoms with van der Waals surface area (Å²) in [4.78, 5) is 39.9. The van der Waals surface area contributed by atoms with Crippen molar-refractivity contribution >= 4 is 23.4 Å². The minimum Gasteiger partial charge on any atom is -0.370 e. The molecule has 34 heavy (non-hydrogen) atoms. The summed E-state index contributed by atoms with van der Waals surface area (Å²) < 4.78 is 0. The van der Waals surface area contributed by atoms with Gasteiger partial charge in [0, 0.05) is 25.6 Å². The fourth-order valence-electron chi connectivity index (χ4n) is 3.17. The zero-order valence-electron chi connectivity index (χ0n) is 18.3. The molecule has 0 unspecified atom stereocenters. The van der Waals surface area contributed by atoms with E-state index < -0.39 is 10.9 Å². The lowest BCUT2D eigenvalue weighted by atomic mass is 10.0. The Balaban J connectivity index is 1.74. The Morgan fingerprint density at radius 3 is 2.44 bits per heavy atom. The summed E-state index contributed by atoms with van der Waals surface area (Å²) in [5, 5.41) is 25.8. The third-order valence-corrected chi connectivity index (χ3v) is 4.83. The molecule has 0 spiro atoms. The molecule has 1 aromatic carbocycles. The third-order valence-electron chi connectivity index (χ3n) is 4.83. The molecule has 0 fully saturated rings. The van der Waals surface area contributed by atoms with Gasteiger partial charge in [0.05, 0.1) is 27.9 Å². The molecule has 0 aliphatic carbocycles. The quantitative estimate of drug-likeness (QED) is 0.228. The Morgan fingerprint density at radius 1 is 1.15 bits per heavy atom. The van der Waals surface area contributed by atoms with Crippen LogP contribution in [0.5, 0.6) is 0 Å². The minimum atomic E-state index is -0.724. The van der Waals surface area contributed by atoms with Crippen molar-refractivity contribution in [2.45, 2.75) is 19.8 Å². The number of anilines is 2. The highest BCUT2D eigenvalue weighted by molar-refractivity contribution is 5.92. The molecular formula is C22H22N8O4. The maximum absolute atomic E-state index is 12.3. The molecule has 0 aliphatic rings. The van der Waals surface area contributed by atoms with E-state index in [0.717, 1.165) is 5.56 Å². The number of nitrogens with zero attached hydrogens (tertiary/aromatic N) is 5. The summed E-state index contributed by atoms with van der Waals surface area (Å²) in [6.45, 7) is 2.71. The highest BCUT2D eigenvalue weighted by atomic mass is 16.7. The summed E-state index contributed by atoms with van der Waals surface area (Å²) in [6, 6.07) is 11.9. The lowest BCUT2D eigenvalue weighted by molar-refractivity contribution is -0.385. The lowest BCUT2D eigenvalue weighted by Gasteiger charge is -2.14. The summed E-state index contributed by atoms with van der Waals surface area (Å²) in [5.74, 6) is 5.23. The molecule has 12 nitrogen and oxygen atoms in total. The number of nitrogens with two attached hydrogens (primary N) is 1. The number of hydrogen-bond donors (Lipinski definition) is 3. The first-order valence-corrected chi connectivity index (χ1v) is 10.3. The fourth-order valence-corrected chi connectivity index (χ4v) is 3.17. The number of nitriles is 1. The number of nitro groups is 1. The van der Waals surface area contributed by atoms with Crippen LogP contribution < -0.4 is 16.5 Å². The van der Waals surface area contributed by atoms with Crippen molar-refractivity contribution in [3.63, 3.8) is 0 Å². The van der Waals surface area contributed by atoms with Gasteiger partial charge in [0.15, 0.2) is 0 Å². The number of pyridine rings is 1.